The van der Waals surface area contributed by atoms with Gasteiger partial charge in [0.2, 0.25) is 0 Å². The van der Waals surface area contributed by atoms with Crippen molar-refractivity contribution in [2.24, 2.45) is 0 Å². The Morgan fingerprint density at radius 2 is 1.45 bits per heavy atom. The molecule has 2 heteroatoms. The molecule has 0 saturated carbocycles. The summed E-state index contributed by atoms with van der Waals surface area (Å²) in [4.78, 5) is 2.70. The second-order valence-electron chi connectivity index (χ2n) is 4.91. The average molecular weight is 337 g/mol. The van der Waals surface area contributed by atoms with Crippen LogP contribution in [0, 0.1) is 20.8 Å². The molecule has 0 N–H and O–H groups in total. The van der Waals surface area contributed by atoms with E-state index in [0.29, 0.717) is 0 Å². The summed E-state index contributed by atoms with van der Waals surface area (Å²) in [5.74, 6) is 0. The fourth-order valence-corrected chi connectivity index (χ4v) is 3.25. The third-order valence-electron chi connectivity index (χ3n) is 3.06. The van der Waals surface area contributed by atoms with Crippen LogP contribution in [-0.4, -0.2) is 0 Å². The quantitative estimate of drug-likeness (QED) is 0.524. The van der Waals surface area contributed by atoms with Crippen molar-refractivity contribution < 1.29 is 0 Å². The summed E-state index contributed by atoms with van der Waals surface area (Å²) in [5, 5.41) is 0.761. The third kappa shape index (κ3) is 5.62. The van der Waals surface area contributed by atoms with Crippen LogP contribution in [0.3, 0.4) is 0 Å². The van der Waals surface area contributed by atoms with Crippen molar-refractivity contribution in [1.29, 1.82) is 0 Å². The van der Waals surface area contributed by atoms with Gasteiger partial charge in [-0.3, -0.25) is 0 Å². The molecule has 0 saturated heterocycles. The molecule has 0 aliphatic carbocycles. The summed E-state index contributed by atoms with van der Waals surface area (Å²) in [6.45, 7) is 18.9. The lowest BCUT2D eigenvalue weighted by atomic mass is 9.96. The number of benzene rings is 1. The molecule has 0 spiro atoms. The first-order valence-corrected chi connectivity index (χ1v) is 9.13. The van der Waals surface area contributed by atoms with Gasteiger partial charge in [-0.15, -0.1) is 11.3 Å². The summed E-state index contributed by atoms with van der Waals surface area (Å²) in [6.07, 6.45) is 1.25. The fraction of sp³-hybridized carbons (Fsp3) is 0.400. The molecular weight excluding hydrogens is 308 g/mol. The highest BCUT2D eigenvalue weighted by molar-refractivity contribution is 7.12. The summed E-state index contributed by atoms with van der Waals surface area (Å²) >= 11 is 7.74. The zero-order valence-corrected chi connectivity index (χ0v) is 16.6. The van der Waals surface area contributed by atoms with Crippen molar-refractivity contribution in [2.45, 2.75) is 54.9 Å². The van der Waals surface area contributed by atoms with Crippen LogP contribution >= 0.6 is 22.9 Å². The van der Waals surface area contributed by atoms with Crippen molar-refractivity contribution in [3.05, 3.63) is 62.3 Å². The first kappa shape index (κ1) is 20.9. The molecule has 122 valence electrons. The van der Waals surface area contributed by atoms with Gasteiger partial charge in [0, 0.05) is 14.8 Å². The highest BCUT2D eigenvalue weighted by Crippen LogP contribution is 2.34. The number of hydrogen-bond donors (Lipinski definition) is 0. The lowest BCUT2D eigenvalue weighted by Crippen LogP contribution is -1.89. The molecule has 0 radical (unpaired) electrons. The van der Waals surface area contributed by atoms with Gasteiger partial charge < -0.3 is 0 Å². The molecule has 22 heavy (non-hydrogen) atoms. The molecule has 0 fully saturated rings. The maximum Gasteiger partial charge on any atom is 0.0406 e. The monoisotopic (exact) mass is 336 g/mol. The molecule has 0 aliphatic heterocycles. The van der Waals surface area contributed by atoms with E-state index in [9.17, 15) is 0 Å². The van der Waals surface area contributed by atoms with Crippen molar-refractivity contribution in [3.8, 4) is 0 Å². The molecule has 0 unspecified atom stereocenters. The van der Waals surface area contributed by atoms with Crippen LogP contribution in [0.5, 0.6) is 0 Å². The minimum Gasteiger partial charge on any atom is -0.145 e. The molecule has 2 aromatic rings. The number of rotatable bonds is 2. The summed E-state index contributed by atoms with van der Waals surface area (Å²) < 4.78 is 0. The lowest BCUT2D eigenvalue weighted by Gasteiger charge is -2.08. The van der Waals surface area contributed by atoms with E-state index >= 15 is 0 Å². The molecular formula is C20H29ClS. The van der Waals surface area contributed by atoms with E-state index in [-0.39, 0.29) is 0 Å². The Bertz CT molecular complexity index is 576. The normalized spacial score (nSPS) is 9.27. The van der Waals surface area contributed by atoms with E-state index < -0.39 is 0 Å². The summed E-state index contributed by atoms with van der Waals surface area (Å²) in [5.41, 5.74) is 4.85. The summed E-state index contributed by atoms with van der Waals surface area (Å²) in [6, 6.07) is 7.87. The van der Waals surface area contributed by atoms with E-state index in [1.54, 1.807) is 0 Å². The van der Waals surface area contributed by atoms with Gasteiger partial charge >= 0.3 is 0 Å². The Hall–Kier alpha value is -1.05. The topological polar surface area (TPSA) is 0 Å². The molecule has 0 nitrogen and oxygen atoms in total. The van der Waals surface area contributed by atoms with Crippen molar-refractivity contribution in [1.82, 2.24) is 0 Å². The molecule has 2 rings (SSSR count). The Balaban J connectivity index is 0.000000789. The van der Waals surface area contributed by atoms with Crippen LogP contribution in [0.1, 0.15) is 60.6 Å². The van der Waals surface area contributed by atoms with Crippen LogP contribution in [0.15, 0.2) is 30.8 Å². The van der Waals surface area contributed by atoms with Crippen LogP contribution in [0.4, 0.5) is 0 Å². The smallest absolute Gasteiger partial charge is 0.0406 e. The highest BCUT2D eigenvalue weighted by Gasteiger charge is 2.13. The largest absolute Gasteiger partial charge is 0.145 e. The number of thiophene rings is 1. The fourth-order valence-electron chi connectivity index (χ4n) is 2.03. The molecule has 1 aromatic heterocycles. The Morgan fingerprint density at radius 3 is 1.82 bits per heavy atom. The van der Waals surface area contributed by atoms with Crippen LogP contribution in [0.25, 0.3) is 5.57 Å². The van der Waals surface area contributed by atoms with Gasteiger partial charge in [0.1, 0.15) is 0 Å². The molecule has 0 amide bonds. The van der Waals surface area contributed by atoms with Gasteiger partial charge in [0.25, 0.3) is 0 Å². The zero-order valence-electron chi connectivity index (χ0n) is 15.0. The highest BCUT2D eigenvalue weighted by atomic mass is 35.5. The van der Waals surface area contributed by atoms with E-state index in [0.717, 1.165) is 16.2 Å². The summed E-state index contributed by atoms with van der Waals surface area (Å²) in [7, 11) is 0. The van der Waals surface area contributed by atoms with Gasteiger partial charge in [-0.2, -0.15) is 0 Å². The average Bonchev–Trinajstić information content (AvgIpc) is 2.75. The van der Waals surface area contributed by atoms with Gasteiger partial charge in [0.15, 0.2) is 0 Å². The van der Waals surface area contributed by atoms with E-state index in [2.05, 4.69) is 41.2 Å². The predicted molar refractivity (Wildman–Crippen MR) is 105 cm³/mol. The molecule has 1 heterocycles. The van der Waals surface area contributed by atoms with Crippen molar-refractivity contribution in [2.75, 3.05) is 0 Å². The van der Waals surface area contributed by atoms with Gasteiger partial charge in [0.05, 0.1) is 0 Å². The maximum atomic E-state index is 5.90. The predicted octanol–water partition coefficient (Wildman–Crippen LogP) is 7.83. The Kier molecular flexibility index (Phi) is 10.1. The minimum absolute atomic E-state index is 0.761. The van der Waals surface area contributed by atoms with E-state index in [4.69, 9.17) is 11.6 Å². The molecule has 0 atom stereocenters. The second kappa shape index (κ2) is 10.6. The molecule has 1 aromatic carbocycles. The number of halogens is 1. The second-order valence-corrected chi connectivity index (χ2v) is 6.77. The maximum absolute atomic E-state index is 5.90. The first-order valence-electron chi connectivity index (χ1n) is 7.94. The van der Waals surface area contributed by atoms with E-state index in [1.165, 1.54) is 27.3 Å². The standard InChI is InChI=1S/C15H15ClS.C3H8.C2H6/c1-9-11(3)17-12(4)15(9)10(2)13-5-7-14(16)8-6-13;1-3-2;1-2/h5-8H,2H2,1,3-4H3;3H2,1-2H3;1-2H3. The van der Waals surface area contributed by atoms with Crippen LogP contribution in [-0.2, 0) is 0 Å². The zero-order chi connectivity index (χ0) is 17.3. The lowest BCUT2D eigenvalue weighted by molar-refractivity contribution is 1.09. The molecule has 0 aliphatic rings. The SMILES string of the molecule is C=C(c1ccc(Cl)cc1)c1c(C)sc(C)c1C.CC.CCC. The first-order chi connectivity index (χ1) is 10.4. The number of hydrogen-bond acceptors (Lipinski definition) is 1. The van der Waals surface area contributed by atoms with Gasteiger partial charge in [-0.25, -0.2) is 0 Å². The van der Waals surface area contributed by atoms with Crippen LogP contribution < -0.4 is 0 Å². The minimum atomic E-state index is 0.761. The third-order valence-corrected chi connectivity index (χ3v) is 4.43. The van der Waals surface area contributed by atoms with Gasteiger partial charge in [-0.1, -0.05) is 64.4 Å². The Labute approximate surface area is 145 Å². The van der Waals surface area contributed by atoms with Crippen molar-refractivity contribution >= 4 is 28.5 Å². The van der Waals surface area contributed by atoms with Gasteiger partial charge in [-0.05, 0) is 55.2 Å². The molecule has 0 bridgehead atoms. The Morgan fingerprint density at radius 1 is 1.00 bits per heavy atom. The van der Waals surface area contributed by atoms with E-state index in [1.807, 2.05) is 49.4 Å². The number of aryl methyl sites for hydroxylation is 2. The van der Waals surface area contributed by atoms with Crippen molar-refractivity contribution in [3.63, 3.8) is 0 Å². The van der Waals surface area contributed by atoms with Crippen LogP contribution in [0.2, 0.25) is 5.02 Å².